The van der Waals surface area contributed by atoms with Crippen molar-refractivity contribution in [1.82, 2.24) is 0 Å². The van der Waals surface area contributed by atoms with Gasteiger partial charge >= 0.3 is 11.9 Å². The van der Waals surface area contributed by atoms with Gasteiger partial charge in [-0.15, -0.1) is 0 Å². The van der Waals surface area contributed by atoms with Gasteiger partial charge in [0.25, 0.3) is 0 Å². The molecule has 0 atom stereocenters. The highest BCUT2D eigenvalue weighted by atomic mass is 16.5. The zero-order valence-electron chi connectivity index (χ0n) is 11.7. The molecule has 0 spiro atoms. The second-order valence-electron chi connectivity index (χ2n) is 4.11. The van der Waals surface area contributed by atoms with Gasteiger partial charge < -0.3 is 14.2 Å². The highest BCUT2D eigenvalue weighted by Crippen LogP contribution is 2.25. The maximum atomic E-state index is 11.9. The predicted octanol–water partition coefficient (Wildman–Crippen LogP) is 2.70. The van der Waals surface area contributed by atoms with Crippen molar-refractivity contribution in [2.45, 2.75) is 0 Å². The summed E-state index contributed by atoms with van der Waals surface area (Å²) in [7, 11) is 2.70. The molecule has 0 aromatic heterocycles. The maximum Gasteiger partial charge on any atom is 0.343 e. The third kappa shape index (κ3) is 3.39. The Morgan fingerprint density at radius 2 is 1.62 bits per heavy atom. The molecular weight excluding hydrogens is 272 g/mol. The fourth-order valence-electron chi connectivity index (χ4n) is 1.75. The van der Waals surface area contributed by atoms with Crippen LogP contribution >= 0.6 is 0 Å². The highest BCUT2D eigenvalue weighted by Gasteiger charge is 2.15. The Morgan fingerprint density at radius 1 is 0.905 bits per heavy atom. The molecule has 0 unspecified atom stereocenters. The number of carbonyl (C=O) groups excluding carboxylic acids is 2. The summed E-state index contributed by atoms with van der Waals surface area (Å²) < 4.78 is 15.0. The van der Waals surface area contributed by atoms with E-state index in [1.807, 2.05) is 6.07 Å². The Hall–Kier alpha value is -2.82. The molecule has 0 aliphatic carbocycles. The summed E-state index contributed by atoms with van der Waals surface area (Å²) in [5.74, 6) is -0.440. The molecule has 2 rings (SSSR count). The van der Waals surface area contributed by atoms with E-state index in [1.165, 1.54) is 32.4 Å². The van der Waals surface area contributed by atoms with Crippen molar-refractivity contribution in [2.75, 3.05) is 14.2 Å². The molecule has 2 aromatic rings. The molecule has 0 heterocycles. The summed E-state index contributed by atoms with van der Waals surface area (Å²) in [6, 6.07) is 13.1. The van der Waals surface area contributed by atoms with Crippen LogP contribution in [0, 0.1) is 0 Å². The van der Waals surface area contributed by atoms with Crippen molar-refractivity contribution in [3.8, 4) is 11.5 Å². The standard InChI is InChI=1S/C16H14O5/c1-19-14-10-12(8-9-13(14)16(18)20-2)21-15(17)11-6-4-3-5-7-11/h3-10H,1-2H3. The van der Waals surface area contributed by atoms with Crippen molar-refractivity contribution in [1.29, 1.82) is 0 Å². The smallest absolute Gasteiger partial charge is 0.343 e. The number of rotatable bonds is 4. The molecule has 108 valence electrons. The van der Waals surface area contributed by atoms with E-state index in [9.17, 15) is 9.59 Å². The fraction of sp³-hybridized carbons (Fsp3) is 0.125. The minimum atomic E-state index is -0.521. The first kappa shape index (κ1) is 14.6. The van der Waals surface area contributed by atoms with Gasteiger partial charge in [0.15, 0.2) is 0 Å². The van der Waals surface area contributed by atoms with Gasteiger partial charge in [0.1, 0.15) is 17.1 Å². The molecule has 0 aliphatic heterocycles. The summed E-state index contributed by atoms with van der Waals surface area (Å²) in [5, 5.41) is 0. The number of hydrogen-bond acceptors (Lipinski definition) is 5. The lowest BCUT2D eigenvalue weighted by Gasteiger charge is -2.09. The van der Waals surface area contributed by atoms with Crippen LogP contribution in [0.25, 0.3) is 0 Å². The Bertz CT molecular complexity index is 649. The molecule has 0 fully saturated rings. The topological polar surface area (TPSA) is 61.8 Å². The van der Waals surface area contributed by atoms with E-state index in [1.54, 1.807) is 24.3 Å². The lowest BCUT2D eigenvalue weighted by molar-refractivity contribution is 0.0597. The monoisotopic (exact) mass is 286 g/mol. The molecule has 5 nitrogen and oxygen atoms in total. The third-order valence-electron chi connectivity index (χ3n) is 2.80. The van der Waals surface area contributed by atoms with Crippen LogP contribution in [0.15, 0.2) is 48.5 Å². The first-order chi connectivity index (χ1) is 10.2. The fourth-order valence-corrected chi connectivity index (χ4v) is 1.75. The van der Waals surface area contributed by atoms with E-state index in [-0.39, 0.29) is 17.1 Å². The van der Waals surface area contributed by atoms with Crippen molar-refractivity contribution in [3.05, 3.63) is 59.7 Å². The minimum Gasteiger partial charge on any atom is -0.496 e. The number of carbonyl (C=O) groups is 2. The number of esters is 2. The first-order valence-corrected chi connectivity index (χ1v) is 6.19. The predicted molar refractivity (Wildman–Crippen MR) is 75.7 cm³/mol. The molecular formula is C16H14O5. The number of benzene rings is 2. The number of methoxy groups -OCH3 is 2. The first-order valence-electron chi connectivity index (χ1n) is 6.19. The van der Waals surface area contributed by atoms with Crippen LogP contribution < -0.4 is 9.47 Å². The van der Waals surface area contributed by atoms with E-state index in [2.05, 4.69) is 4.74 Å². The molecule has 0 N–H and O–H groups in total. The van der Waals surface area contributed by atoms with E-state index in [4.69, 9.17) is 9.47 Å². The molecule has 2 aromatic carbocycles. The van der Waals surface area contributed by atoms with E-state index in [0.717, 1.165) is 0 Å². The summed E-state index contributed by atoms with van der Waals surface area (Å²) in [6.45, 7) is 0. The van der Waals surface area contributed by atoms with Crippen LogP contribution in [-0.4, -0.2) is 26.2 Å². The van der Waals surface area contributed by atoms with Crippen LogP contribution in [0.4, 0.5) is 0 Å². The number of ether oxygens (including phenoxy) is 3. The van der Waals surface area contributed by atoms with Crippen molar-refractivity contribution < 1.29 is 23.8 Å². The second-order valence-corrected chi connectivity index (χ2v) is 4.11. The lowest BCUT2D eigenvalue weighted by atomic mass is 10.2. The lowest BCUT2D eigenvalue weighted by Crippen LogP contribution is -2.09. The molecule has 0 bridgehead atoms. The SMILES string of the molecule is COC(=O)c1ccc(OC(=O)c2ccccc2)cc1OC. The van der Waals surface area contributed by atoms with Crippen molar-refractivity contribution in [3.63, 3.8) is 0 Å². The van der Waals surface area contributed by atoms with Gasteiger partial charge in [-0.1, -0.05) is 18.2 Å². The maximum absolute atomic E-state index is 11.9. The second kappa shape index (κ2) is 6.56. The van der Waals surface area contributed by atoms with Gasteiger partial charge in [0.2, 0.25) is 0 Å². The highest BCUT2D eigenvalue weighted by molar-refractivity contribution is 5.93. The van der Waals surface area contributed by atoms with Gasteiger partial charge in [-0.25, -0.2) is 9.59 Å². The zero-order chi connectivity index (χ0) is 15.2. The summed E-state index contributed by atoms with van der Waals surface area (Å²) >= 11 is 0. The Kier molecular flexibility index (Phi) is 4.56. The van der Waals surface area contributed by atoms with Gasteiger partial charge in [-0.3, -0.25) is 0 Å². The Balaban J connectivity index is 2.22. The van der Waals surface area contributed by atoms with Crippen LogP contribution in [0.2, 0.25) is 0 Å². The molecule has 21 heavy (non-hydrogen) atoms. The van der Waals surface area contributed by atoms with Crippen molar-refractivity contribution in [2.24, 2.45) is 0 Å². The molecule has 0 saturated carbocycles. The van der Waals surface area contributed by atoms with Gasteiger partial charge in [-0.05, 0) is 24.3 Å². The summed E-state index contributed by atoms with van der Waals surface area (Å²) in [5.41, 5.74) is 0.702. The minimum absolute atomic E-state index is 0.263. The molecule has 5 heteroatoms. The van der Waals surface area contributed by atoms with Crippen LogP contribution in [0.1, 0.15) is 20.7 Å². The normalized spacial score (nSPS) is 9.81. The molecule has 0 aliphatic rings. The van der Waals surface area contributed by atoms with Crippen LogP contribution in [-0.2, 0) is 4.74 Å². The zero-order valence-corrected chi connectivity index (χ0v) is 11.7. The van der Waals surface area contributed by atoms with Crippen molar-refractivity contribution >= 4 is 11.9 Å². The average molecular weight is 286 g/mol. The Morgan fingerprint density at radius 3 is 2.24 bits per heavy atom. The van der Waals surface area contributed by atoms with E-state index < -0.39 is 11.9 Å². The largest absolute Gasteiger partial charge is 0.496 e. The number of hydrogen-bond donors (Lipinski definition) is 0. The van der Waals surface area contributed by atoms with E-state index >= 15 is 0 Å². The van der Waals surface area contributed by atoms with E-state index in [0.29, 0.717) is 5.56 Å². The van der Waals surface area contributed by atoms with Crippen LogP contribution in [0.3, 0.4) is 0 Å². The summed E-state index contributed by atoms with van der Waals surface area (Å²) in [6.07, 6.45) is 0. The summed E-state index contributed by atoms with van der Waals surface area (Å²) in [4.78, 5) is 23.5. The third-order valence-corrected chi connectivity index (χ3v) is 2.80. The molecule has 0 saturated heterocycles. The average Bonchev–Trinajstić information content (AvgIpc) is 2.54. The van der Waals surface area contributed by atoms with Gasteiger partial charge in [0, 0.05) is 6.07 Å². The Labute approximate surface area is 122 Å². The molecule has 0 radical (unpaired) electrons. The van der Waals surface area contributed by atoms with Gasteiger partial charge in [0.05, 0.1) is 19.8 Å². The van der Waals surface area contributed by atoms with Crippen LogP contribution in [0.5, 0.6) is 11.5 Å². The van der Waals surface area contributed by atoms with Gasteiger partial charge in [-0.2, -0.15) is 0 Å². The molecule has 0 amide bonds. The quantitative estimate of drug-likeness (QED) is 0.639.